The summed E-state index contributed by atoms with van der Waals surface area (Å²) in [5.41, 5.74) is 0.727. The zero-order valence-corrected chi connectivity index (χ0v) is 16.2. The Balaban J connectivity index is 1.74. The van der Waals surface area contributed by atoms with Crippen LogP contribution in [0.5, 0.6) is 0 Å². The van der Waals surface area contributed by atoms with E-state index in [1.54, 1.807) is 23.6 Å². The Kier molecular flexibility index (Phi) is 6.01. The molecule has 0 radical (unpaired) electrons. The first-order valence-electron chi connectivity index (χ1n) is 8.93. The maximum atomic E-state index is 14.1. The van der Waals surface area contributed by atoms with Crippen molar-refractivity contribution in [1.82, 2.24) is 9.88 Å². The minimum Gasteiger partial charge on any atom is -0.339 e. The minimum absolute atomic E-state index is 0.0334. The van der Waals surface area contributed by atoms with E-state index in [0.29, 0.717) is 16.7 Å². The Bertz CT molecular complexity index is 856. The number of para-hydroxylation sites is 1. The van der Waals surface area contributed by atoms with Crippen molar-refractivity contribution in [2.24, 2.45) is 5.92 Å². The van der Waals surface area contributed by atoms with Crippen LogP contribution in [0.2, 0.25) is 0 Å². The molecule has 2 heterocycles. The number of likely N-dealkylation sites (tertiary alicyclic amines) is 1. The molecule has 0 aliphatic carbocycles. The van der Waals surface area contributed by atoms with E-state index in [1.807, 2.05) is 4.90 Å². The predicted molar refractivity (Wildman–Crippen MR) is 105 cm³/mol. The highest BCUT2D eigenvalue weighted by atomic mass is 32.1. The van der Waals surface area contributed by atoms with Crippen molar-refractivity contribution in [1.29, 1.82) is 0 Å². The van der Waals surface area contributed by atoms with Crippen LogP contribution in [-0.2, 0) is 9.59 Å². The number of amides is 2. The third-order valence-electron chi connectivity index (χ3n) is 4.60. The van der Waals surface area contributed by atoms with Gasteiger partial charge in [0.25, 0.3) is 0 Å². The summed E-state index contributed by atoms with van der Waals surface area (Å²) in [4.78, 5) is 31.8. The molecule has 1 aromatic carbocycles. The van der Waals surface area contributed by atoms with E-state index in [1.165, 1.54) is 41.4 Å². The number of nitrogens with zero attached hydrogens (tertiary/aromatic N) is 3. The van der Waals surface area contributed by atoms with Gasteiger partial charge in [-0.3, -0.25) is 14.5 Å². The predicted octanol–water partition coefficient (Wildman–Crippen LogP) is 4.24. The van der Waals surface area contributed by atoms with E-state index >= 15 is 0 Å². The number of thiazole rings is 1. The van der Waals surface area contributed by atoms with Crippen molar-refractivity contribution in [3.63, 3.8) is 0 Å². The Morgan fingerprint density at radius 2 is 2.00 bits per heavy atom. The van der Waals surface area contributed by atoms with Crippen LogP contribution in [-0.4, -0.2) is 34.8 Å². The fourth-order valence-corrected chi connectivity index (χ4v) is 3.83. The fourth-order valence-electron chi connectivity index (χ4n) is 2.99. The second kappa shape index (κ2) is 8.43. The number of halogens is 1. The van der Waals surface area contributed by atoms with Crippen molar-refractivity contribution in [2.75, 3.05) is 18.0 Å². The molecule has 0 spiro atoms. The van der Waals surface area contributed by atoms with Crippen molar-refractivity contribution < 1.29 is 14.0 Å². The lowest BCUT2D eigenvalue weighted by Gasteiger charge is -2.29. The molecule has 1 aliphatic heterocycles. The molecule has 0 N–H and O–H groups in total. The molecule has 2 amide bonds. The Morgan fingerprint density at radius 1 is 1.30 bits per heavy atom. The first-order chi connectivity index (χ1) is 13.0. The van der Waals surface area contributed by atoms with Crippen molar-refractivity contribution in [3.8, 4) is 0 Å². The quantitative estimate of drug-likeness (QED) is 0.738. The zero-order chi connectivity index (χ0) is 19.4. The van der Waals surface area contributed by atoms with E-state index < -0.39 is 5.82 Å². The highest BCUT2D eigenvalue weighted by Crippen LogP contribution is 2.31. The second-order valence-electron chi connectivity index (χ2n) is 6.70. The van der Waals surface area contributed by atoms with Gasteiger partial charge in [0.05, 0.1) is 11.4 Å². The Hall–Kier alpha value is -2.54. The summed E-state index contributed by atoms with van der Waals surface area (Å²) in [5, 5.41) is 2.11. The molecule has 1 aromatic heterocycles. The number of carbonyl (C=O) groups is 2. The van der Waals surface area contributed by atoms with Gasteiger partial charge in [0.1, 0.15) is 5.82 Å². The van der Waals surface area contributed by atoms with Gasteiger partial charge in [0.15, 0.2) is 5.13 Å². The van der Waals surface area contributed by atoms with Gasteiger partial charge in [-0.05, 0) is 37.0 Å². The van der Waals surface area contributed by atoms with Gasteiger partial charge in [-0.25, -0.2) is 9.37 Å². The SMILES string of the molecule is CC(=O)N(c1nc(/C=C/C(=O)N2CCC(C)CC2)cs1)c1ccccc1F. The van der Waals surface area contributed by atoms with Crippen molar-refractivity contribution in [2.45, 2.75) is 26.7 Å². The largest absolute Gasteiger partial charge is 0.339 e. The summed E-state index contributed by atoms with van der Waals surface area (Å²) in [7, 11) is 0. The number of benzene rings is 1. The maximum Gasteiger partial charge on any atom is 0.246 e. The number of rotatable bonds is 4. The molecule has 0 atom stereocenters. The summed E-state index contributed by atoms with van der Waals surface area (Å²) in [6.07, 6.45) is 5.20. The van der Waals surface area contributed by atoms with Crippen LogP contribution < -0.4 is 4.90 Å². The summed E-state index contributed by atoms with van der Waals surface area (Å²) in [6.45, 7) is 5.12. The van der Waals surface area contributed by atoms with E-state index in [2.05, 4.69) is 11.9 Å². The average molecular weight is 387 g/mol. The molecule has 142 valence electrons. The number of hydrogen-bond donors (Lipinski definition) is 0. The van der Waals surface area contributed by atoms with Gasteiger partial charge in [-0.1, -0.05) is 19.1 Å². The average Bonchev–Trinajstić information content (AvgIpc) is 3.10. The van der Waals surface area contributed by atoms with Crippen LogP contribution in [0.15, 0.2) is 35.7 Å². The molecule has 1 saturated heterocycles. The van der Waals surface area contributed by atoms with E-state index in [-0.39, 0.29) is 17.5 Å². The van der Waals surface area contributed by atoms with Gasteiger partial charge in [0, 0.05) is 31.5 Å². The van der Waals surface area contributed by atoms with Gasteiger partial charge >= 0.3 is 0 Å². The van der Waals surface area contributed by atoms with Crippen LogP contribution in [0.1, 0.15) is 32.4 Å². The summed E-state index contributed by atoms with van der Waals surface area (Å²) in [5.74, 6) is -0.193. The molecular weight excluding hydrogens is 365 g/mol. The summed E-state index contributed by atoms with van der Waals surface area (Å²) >= 11 is 1.23. The van der Waals surface area contributed by atoms with Gasteiger partial charge in [-0.15, -0.1) is 11.3 Å². The number of anilines is 2. The molecule has 0 saturated carbocycles. The zero-order valence-electron chi connectivity index (χ0n) is 15.4. The minimum atomic E-state index is -0.491. The topological polar surface area (TPSA) is 53.5 Å². The van der Waals surface area contributed by atoms with Gasteiger partial charge < -0.3 is 4.90 Å². The third-order valence-corrected chi connectivity index (χ3v) is 5.45. The van der Waals surface area contributed by atoms with E-state index in [4.69, 9.17) is 0 Å². The Labute approximate surface area is 162 Å². The number of carbonyl (C=O) groups excluding carboxylic acids is 2. The van der Waals surface area contributed by atoms with Gasteiger partial charge in [-0.2, -0.15) is 0 Å². The molecule has 0 unspecified atom stereocenters. The van der Waals surface area contributed by atoms with Crippen LogP contribution >= 0.6 is 11.3 Å². The number of aromatic nitrogens is 1. The standard InChI is InChI=1S/C20H22FN3O2S/c1-14-9-11-23(12-10-14)19(26)8-7-16-13-27-20(22-16)24(15(2)25)18-6-4-3-5-17(18)21/h3-8,13-14H,9-12H2,1-2H3/b8-7+. The van der Waals surface area contributed by atoms with E-state index in [9.17, 15) is 14.0 Å². The molecule has 0 bridgehead atoms. The van der Waals surface area contributed by atoms with Crippen LogP contribution in [0.3, 0.4) is 0 Å². The third kappa shape index (κ3) is 4.60. The molecular formula is C20H22FN3O2S. The molecule has 1 fully saturated rings. The molecule has 5 nitrogen and oxygen atoms in total. The molecule has 1 aliphatic rings. The fraction of sp³-hybridized carbons (Fsp3) is 0.350. The highest BCUT2D eigenvalue weighted by molar-refractivity contribution is 7.14. The molecule has 2 aromatic rings. The Morgan fingerprint density at radius 3 is 2.67 bits per heavy atom. The van der Waals surface area contributed by atoms with Crippen LogP contribution in [0.4, 0.5) is 15.2 Å². The van der Waals surface area contributed by atoms with Crippen LogP contribution in [0.25, 0.3) is 6.08 Å². The smallest absolute Gasteiger partial charge is 0.246 e. The number of hydrogen-bond acceptors (Lipinski definition) is 4. The second-order valence-corrected chi connectivity index (χ2v) is 7.54. The first kappa shape index (κ1) is 19.2. The lowest BCUT2D eigenvalue weighted by atomic mass is 9.99. The highest BCUT2D eigenvalue weighted by Gasteiger charge is 2.21. The molecule has 27 heavy (non-hydrogen) atoms. The lowest BCUT2D eigenvalue weighted by molar-refractivity contribution is -0.127. The maximum absolute atomic E-state index is 14.1. The van der Waals surface area contributed by atoms with Crippen molar-refractivity contribution >= 4 is 40.0 Å². The van der Waals surface area contributed by atoms with Crippen molar-refractivity contribution in [3.05, 3.63) is 47.2 Å². The summed E-state index contributed by atoms with van der Waals surface area (Å²) in [6, 6.07) is 6.08. The molecule has 7 heteroatoms. The lowest BCUT2D eigenvalue weighted by Crippen LogP contribution is -2.36. The van der Waals surface area contributed by atoms with Gasteiger partial charge in [0.2, 0.25) is 11.8 Å². The van der Waals surface area contributed by atoms with Crippen LogP contribution in [0, 0.1) is 11.7 Å². The normalized spacial score (nSPS) is 15.3. The monoisotopic (exact) mass is 387 g/mol. The number of piperidine rings is 1. The molecule has 3 rings (SSSR count). The summed E-state index contributed by atoms with van der Waals surface area (Å²) < 4.78 is 14.1. The van der Waals surface area contributed by atoms with E-state index in [0.717, 1.165) is 25.9 Å². The first-order valence-corrected chi connectivity index (χ1v) is 9.81.